The van der Waals surface area contributed by atoms with Gasteiger partial charge >= 0.3 is 0 Å². The Morgan fingerprint density at radius 1 is 0.839 bits per heavy atom. The lowest BCUT2D eigenvalue weighted by atomic mass is 9.69. The largest absolute Gasteiger partial charge is 0.293 e. The molecule has 2 saturated heterocycles. The zero-order chi connectivity index (χ0) is 21.3. The number of carbonyl (C=O) groups excluding carboxylic acids is 1. The van der Waals surface area contributed by atoms with Crippen LogP contribution in [0.15, 0.2) is 29.3 Å². The van der Waals surface area contributed by atoms with E-state index >= 15 is 0 Å². The molecule has 0 unspecified atom stereocenters. The number of anilines is 1. The predicted octanol–water partition coefficient (Wildman–Crippen LogP) is 5.88. The summed E-state index contributed by atoms with van der Waals surface area (Å²) in [5.74, 6) is 1.42. The van der Waals surface area contributed by atoms with E-state index in [0.29, 0.717) is 11.9 Å². The van der Waals surface area contributed by atoms with Crippen molar-refractivity contribution in [2.24, 2.45) is 10.4 Å². The van der Waals surface area contributed by atoms with Crippen LogP contribution in [-0.2, 0) is 4.79 Å². The van der Waals surface area contributed by atoms with Crippen molar-refractivity contribution in [3.8, 4) is 0 Å². The maximum absolute atomic E-state index is 14.3. The number of amidine groups is 1. The van der Waals surface area contributed by atoms with Crippen LogP contribution in [0.2, 0.25) is 0 Å². The first-order valence-corrected chi connectivity index (χ1v) is 12.9. The van der Waals surface area contributed by atoms with E-state index in [2.05, 4.69) is 41.0 Å². The van der Waals surface area contributed by atoms with E-state index in [1.807, 2.05) is 0 Å². The number of piperidine rings is 1. The number of hydrogen-bond donors (Lipinski definition) is 0. The molecule has 1 amide bonds. The molecule has 0 radical (unpaired) electrons. The lowest BCUT2D eigenvalue weighted by molar-refractivity contribution is -0.130. The van der Waals surface area contributed by atoms with E-state index < -0.39 is 0 Å². The summed E-state index contributed by atoms with van der Waals surface area (Å²) in [5, 5.41) is 0. The first-order chi connectivity index (χ1) is 15.2. The van der Waals surface area contributed by atoms with Gasteiger partial charge in [0.2, 0.25) is 5.91 Å². The monoisotopic (exact) mass is 421 g/mol. The molecule has 4 aliphatic rings. The summed E-state index contributed by atoms with van der Waals surface area (Å²) in [7, 11) is 0. The number of nitrogens with zero attached hydrogens (tertiary/aromatic N) is 3. The van der Waals surface area contributed by atoms with Crippen LogP contribution in [0, 0.1) is 12.3 Å². The highest BCUT2D eigenvalue weighted by Crippen LogP contribution is 2.50. The second-order valence-corrected chi connectivity index (χ2v) is 10.5. The number of aliphatic imine (C=N–C) groups is 1. The minimum absolute atomic E-state index is 0.170. The van der Waals surface area contributed by atoms with Crippen LogP contribution in [0.25, 0.3) is 0 Å². The topological polar surface area (TPSA) is 35.9 Å². The fourth-order valence-electron chi connectivity index (χ4n) is 6.64. The summed E-state index contributed by atoms with van der Waals surface area (Å²) < 4.78 is 0. The molecule has 4 fully saturated rings. The van der Waals surface area contributed by atoms with Gasteiger partial charge in [-0.3, -0.25) is 19.6 Å². The average molecular weight is 422 g/mol. The van der Waals surface area contributed by atoms with Crippen LogP contribution in [-0.4, -0.2) is 41.8 Å². The lowest BCUT2D eigenvalue weighted by Crippen LogP contribution is -2.53. The van der Waals surface area contributed by atoms with Crippen molar-refractivity contribution in [3.05, 3.63) is 29.8 Å². The van der Waals surface area contributed by atoms with Gasteiger partial charge in [0.05, 0.1) is 23.2 Å². The third-order valence-electron chi connectivity index (χ3n) is 8.31. The average Bonchev–Trinajstić information content (AvgIpc) is 3.03. The van der Waals surface area contributed by atoms with E-state index in [1.54, 1.807) is 0 Å². The van der Waals surface area contributed by atoms with Gasteiger partial charge < -0.3 is 0 Å². The summed E-state index contributed by atoms with van der Waals surface area (Å²) in [6, 6.07) is 9.11. The van der Waals surface area contributed by atoms with Crippen molar-refractivity contribution in [3.63, 3.8) is 0 Å². The molecule has 0 aromatic heterocycles. The number of benzene rings is 1. The van der Waals surface area contributed by atoms with Gasteiger partial charge in [-0.05, 0) is 70.7 Å². The highest BCUT2D eigenvalue weighted by molar-refractivity contribution is 6.27. The number of carbonyl (C=O) groups is 1. The molecule has 4 nitrogen and oxygen atoms in total. The third kappa shape index (κ3) is 3.97. The predicted molar refractivity (Wildman–Crippen MR) is 128 cm³/mol. The van der Waals surface area contributed by atoms with Crippen LogP contribution < -0.4 is 4.90 Å². The maximum Gasteiger partial charge on any atom is 0.240 e. The van der Waals surface area contributed by atoms with Crippen molar-refractivity contribution >= 4 is 17.4 Å². The Bertz CT molecular complexity index is 796. The first-order valence-electron chi connectivity index (χ1n) is 12.9. The molecule has 1 spiro atoms. The van der Waals surface area contributed by atoms with Crippen LogP contribution in [0.4, 0.5) is 5.69 Å². The molecule has 2 aliphatic carbocycles. The molecule has 1 aromatic rings. The first kappa shape index (κ1) is 21.2. The molecule has 2 saturated carbocycles. The summed E-state index contributed by atoms with van der Waals surface area (Å²) in [4.78, 5) is 24.5. The van der Waals surface area contributed by atoms with Gasteiger partial charge in [0.25, 0.3) is 0 Å². The quantitative estimate of drug-likeness (QED) is 0.611. The number of amides is 1. The summed E-state index contributed by atoms with van der Waals surface area (Å²) in [6.07, 6.45) is 15.7. The highest BCUT2D eigenvalue weighted by atomic mass is 16.2. The second kappa shape index (κ2) is 9.05. The van der Waals surface area contributed by atoms with Crippen molar-refractivity contribution < 1.29 is 4.79 Å². The fraction of sp³-hybridized carbons (Fsp3) is 0.704. The van der Waals surface area contributed by atoms with Crippen LogP contribution in [0.3, 0.4) is 0 Å². The Hall–Kier alpha value is -1.68. The Labute approximate surface area is 188 Å². The molecule has 2 aliphatic heterocycles. The maximum atomic E-state index is 14.3. The van der Waals surface area contributed by atoms with Crippen molar-refractivity contribution in [1.29, 1.82) is 0 Å². The summed E-state index contributed by atoms with van der Waals surface area (Å²) in [5.41, 5.74) is 1.99. The Kier molecular flexibility index (Phi) is 6.19. The third-order valence-corrected chi connectivity index (χ3v) is 8.31. The van der Waals surface area contributed by atoms with E-state index in [0.717, 1.165) is 37.5 Å². The second-order valence-electron chi connectivity index (χ2n) is 10.5. The number of hydrogen-bond acceptors (Lipinski definition) is 3. The van der Waals surface area contributed by atoms with Crippen LogP contribution >= 0.6 is 0 Å². The van der Waals surface area contributed by atoms with Crippen LogP contribution in [0.1, 0.15) is 89.0 Å². The minimum Gasteiger partial charge on any atom is -0.293 e. The molecular weight excluding hydrogens is 382 g/mol. The van der Waals surface area contributed by atoms with Gasteiger partial charge in [0, 0.05) is 0 Å². The molecule has 0 N–H and O–H groups in total. The highest BCUT2D eigenvalue weighted by Gasteiger charge is 2.60. The minimum atomic E-state index is -0.270. The van der Waals surface area contributed by atoms with Crippen LogP contribution in [0.5, 0.6) is 0 Å². The zero-order valence-electron chi connectivity index (χ0n) is 19.3. The van der Waals surface area contributed by atoms with Gasteiger partial charge in [0.15, 0.2) is 0 Å². The smallest absolute Gasteiger partial charge is 0.240 e. The molecule has 0 bridgehead atoms. The van der Waals surface area contributed by atoms with Crippen molar-refractivity contribution in [1.82, 2.24) is 4.90 Å². The van der Waals surface area contributed by atoms with E-state index in [9.17, 15) is 4.79 Å². The van der Waals surface area contributed by atoms with Gasteiger partial charge in [-0.1, -0.05) is 62.6 Å². The molecule has 168 valence electrons. The number of aryl methyl sites for hydroxylation is 1. The zero-order valence-corrected chi connectivity index (χ0v) is 19.3. The van der Waals surface area contributed by atoms with E-state index in [1.165, 1.54) is 76.2 Å². The lowest BCUT2D eigenvalue weighted by Gasteiger charge is -2.43. The normalized spacial score (nSPS) is 29.2. The molecule has 1 aromatic carbocycles. The van der Waals surface area contributed by atoms with Gasteiger partial charge in [0.1, 0.15) is 5.84 Å². The number of rotatable bonds is 3. The van der Waals surface area contributed by atoms with Crippen molar-refractivity contribution in [2.75, 3.05) is 18.0 Å². The summed E-state index contributed by atoms with van der Waals surface area (Å²) in [6.45, 7) is 4.35. The van der Waals surface area contributed by atoms with Gasteiger partial charge in [-0.15, -0.1) is 0 Å². The molecule has 31 heavy (non-hydrogen) atoms. The molecule has 4 heteroatoms. The molecule has 2 heterocycles. The molecule has 1 atom stereocenters. The Morgan fingerprint density at radius 2 is 1.45 bits per heavy atom. The molecule has 5 rings (SSSR count). The SMILES string of the molecule is Cc1ccc(N2C(=O)C3(CCCCC3)[C@H](N3CCCCC3)C2=NC2CCCCC2)cc1. The Morgan fingerprint density at radius 3 is 2.13 bits per heavy atom. The van der Waals surface area contributed by atoms with E-state index in [-0.39, 0.29) is 11.5 Å². The summed E-state index contributed by atoms with van der Waals surface area (Å²) >= 11 is 0. The Balaban J connectivity index is 1.61. The van der Waals surface area contributed by atoms with E-state index in [4.69, 9.17) is 4.99 Å². The standard InChI is InChI=1S/C27H39N3O/c1-21-13-15-23(16-14-21)30-25(28-22-11-5-2-6-12-22)24(29-19-9-4-10-20-29)27(26(30)31)17-7-3-8-18-27/h13-16,22,24H,2-12,17-20H2,1H3/t24-/m1/s1. The van der Waals surface area contributed by atoms with Gasteiger partial charge in [-0.25, -0.2) is 0 Å². The fourth-order valence-corrected chi connectivity index (χ4v) is 6.64. The van der Waals surface area contributed by atoms with Gasteiger partial charge in [-0.2, -0.15) is 0 Å². The molecular formula is C27H39N3O. The number of likely N-dealkylation sites (tertiary alicyclic amines) is 1. The van der Waals surface area contributed by atoms with Crippen molar-refractivity contribution in [2.45, 2.75) is 102 Å².